The zero-order chi connectivity index (χ0) is 35.6. The maximum absolute atomic E-state index is 2.50. The van der Waals surface area contributed by atoms with Gasteiger partial charge in [-0.2, -0.15) is 0 Å². The molecule has 0 saturated carbocycles. The molecule has 2 heteroatoms. The van der Waals surface area contributed by atoms with Crippen LogP contribution in [0.15, 0.2) is 206 Å². The van der Waals surface area contributed by atoms with Gasteiger partial charge in [-0.3, -0.25) is 0 Å². The van der Waals surface area contributed by atoms with Gasteiger partial charge in [-0.15, -0.1) is 0 Å². The summed E-state index contributed by atoms with van der Waals surface area (Å²) in [5.74, 6) is 0. The van der Waals surface area contributed by atoms with E-state index in [4.69, 9.17) is 0 Å². The van der Waals surface area contributed by atoms with Crippen LogP contribution in [0.1, 0.15) is 0 Å². The summed E-state index contributed by atoms with van der Waals surface area (Å²) < 4.78 is 5.00. The Morgan fingerprint density at radius 2 is 0.593 bits per heavy atom. The molecule has 11 rings (SSSR count). The van der Waals surface area contributed by atoms with Crippen LogP contribution < -0.4 is 0 Å². The second-order valence-corrected chi connectivity index (χ2v) is 14.1. The fourth-order valence-electron chi connectivity index (χ4n) is 8.76. The lowest BCUT2D eigenvalue weighted by Crippen LogP contribution is -2.03. The second kappa shape index (κ2) is 12.2. The Balaban J connectivity index is 1.32. The van der Waals surface area contributed by atoms with Gasteiger partial charge in [0, 0.05) is 44.4 Å². The van der Waals surface area contributed by atoms with Crippen molar-refractivity contribution in [3.05, 3.63) is 206 Å². The first-order valence-corrected chi connectivity index (χ1v) is 18.6. The number of hydrogen-bond donors (Lipinski definition) is 0. The van der Waals surface area contributed by atoms with Crippen molar-refractivity contribution in [2.45, 2.75) is 0 Å². The molecule has 1 aliphatic carbocycles. The van der Waals surface area contributed by atoms with Gasteiger partial charge in [0.2, 0.25) is 0 Å². The summed E-state index contributed by atoms with van der Waals surface area (Å²) in [6.45, 7) is 0. The first kappa shape index (κ1) is 30.5. The predicted octanol–water partition coefficient (Wildman–Crippen LogP) is 13.9. The van der Waals surface area contributed by atoms with Crippen LogP contribution in [0.3, 0.4) is 0 Å². The fraction of sp³-hybridized carbons (Fsp3) is 0. The number of fused-ring (bicyclic) bond motifs is 12. The summed E-state index contributed by atoms with van der Waals surface area (Å²) in [6, 6.07) is 75.3. The van der Waals surface area contributed by atoms with E-state index in [-0.39, 0.29) is 0 Å². The maximum Gasteiger partial charge on any atom is 0.0625 e. The molecule has 0 radical (unpaired) electrons. The Hall–Kier alpha value is -7.16. The van der Waals surface area contributed by atoms with Crippen molar-refractivity contribution in [2.24, 2.45) is 0 Å². The summed E-state index contributed by atoms with van der Waals surface area (Å²) in [6.07, 6.45) is 0. The molecule has 2 aromatic heterocycles. The van der Waals surface area contributed by atoms with E-state index in [1.807, 2.05) is 0 Å². The minimum absolute atomic E-state index is 1.14. The van der Waals surface area contributed by atoms with Gasteiger partial charge in [0.05, 0.1) is 22.4 Å². The molecule has 0 atom stereocenters. The van der Waals surface area contributed by atoms with Crippen molar-refractivity contribution in [1.29, 1.82) is 0 Å². The number of hydrogen-bond acceptors (Lipinski definition) is 0. The molecule has 252 valence electrons. The summed E-state index contributed by atoms with van der Waals surface area (Å²) in [5.41, 5.74) is 19.2. The van der Waals surface area contributed by atoms with E-state index in [9.17, 15) is 0 Å². The number of aromatic nitrogens is 2. The summed E-state index contributed by atoms with van der Waals surface area (Å²) in [5, 5.41) is 2.46. The van der Waals surface area contributed by atoms with E-state index < -0.39 is 0 Å². The number of rotatable bonds is 4. The van der Waals surface area contributed by atoms with Crippen molar-refractivity contribution in [3.63, 3.8) is 0 Å². The van der Waals surface area contributed by atoms with E-state index in [1.165, 1.54) is 88.8 Å². The lowest BCUT2D eigenvalue weighted by Gasteiger charge is -2.23. The van der Waals surface area contributed by atoms with Crippen LogP contribution in [0.25, 0.3) is 100 Å². The van der Waals surface area contributed by atoms with Crippen LogP contribution >= 0.6 is 0 Å². The van der Waals surface area contributed by atoms with Crippen LogP contribution in [0.4, 0.5) is 0 Å². The third-order valence-corrected chi connectivity index (χ3v) is 11.1. The second-order valence-electron chi connectivity index (χ2n) is 14.1. The van der Waals surface area contributed by atoms with E-state index in [1.54, 1.807) is 0 Å². The van der Waals surface area contributed by atoms with Gasteiger partial charge >= 0.3 is 0 Å². The van der Waals surface area contributed by atoms with Crippen LogP contribution in [0, 0.1) is 0 Å². The molecule has 0 unspecified atom stereocenters. The van der Waals surface area contributed by atoms with Gasteiger partial charge in [-0.25, -0.2) is 0 Å². The highest BCUT2D eigenvalue weighted by Gasteiger charge is 2.32. The summed E-state index contributed by atoms with van der Waals surface area (Å²) >= 11 is 0. The Bertz CT molecular complexity index is 2800. The van der Waals surface area contributed by atoms with Crippen molar-refractivity contribution in [3.8, 4) is 78.4 Å². The Labute approximate surface area is 314 Å². The largest absolute Gasteiger partial charge is 0.309 e. The molecule has 0 amide bonds. The molecular formula is C52H34N2. The molecular weight excluding hydrogens is 653 g/mol. The maximum atomic E-state index is 2.50. The molecule has 10 aromatic rings. The Kier molecular flexibility index (Phi) is 6.90. The van der Waals surface area contributed by atoms with E-state index in [0.29, 0.717) is 0 Å². The van der Waals surface area contributed by atoms with Crippen molar-refractivity contribution in [1.82, 2.24) is 9.13 Å². The van der Waals surface area contributed by atoms with Gasteiger partial charge in [-0.05, 0) is 69.8 Å². The van der Waals surface area contributed by atoms with Gasteiger partial charge < -0.3 is 9.13 Å². The van der Waals surface area contributed by atoms with Gasteiger partial charge in [0.15, 0.2) is 0 Å². The highest BCUT2D eigenvalue weighted by atomic mass is 15.0. The Morgan fingerprint density at radius 3 is 0.981 bits per heavy atom. The zero-order valence-electron chi connectivity index (χ0n) is 29.5. The highest BCUT2D eigenvalue weighted by molar-refractivity contribution is 6.17. The summed E-state index contributed by atoms with van der Waals surface area (Å²) in [7, 11) is 0. The van der Waals surface area contributed by atoms with E-state index in [0.717, 1.165) is 11.4 Å². The monoisotopic (exact) mass is 686 g/mol. The normalized spacial score (nSPS) is 11.7. The molecule has 1 aliphatic rings. The van der Waals surface area contributed by atoms with Crippen LogP contribution in [0.5, 0.6) is 0 Å². The third kappa shape index (κ3) is 4.60. The molecule has 8 aromatic carbocycles. The fourth-order valence-corrected chi connectivity index (χ4v) is 8.76. The summed E-state index contributed by atoms with van der Waals surface area (Å²) in [4.78, 5) is 0. The number of benzene rings is 8. The SMILES string of the molecule is c1ccc(-c2ccc3c4c(n(-c5ccccc5)c3c2)-c2ccccc2-c2c(n(-c3ccccc3)c3cc(-c5ccccc5)ccc23)-c2ccccc2-4)cc1. The lowest BCUT2D eigenvalue weighted by molar-refractivity contribution is 1.13. The highest BCUT2D eigenvalue weighted by Crippen LogP contribution is 2.55. The van der Waals surface area contributed by atoms with E-state index in [2.05, 4.69) is 215 Å². The molecule has 0 aliphatic heterocycles. The average molecular weight is 687 g/mol. The van der Waals surface area contributed by atoms with Crippen molar-refractivity contribution in [2.75, 3.05) is 0 Å². The third-order valence-electron chi connectivity index (χ3n) is 11.1. The molecule has 0 saturated heterocycles. The topological polar surface area (TPSA) is 9.86 Å². The quantitative estimate of drug-likeness (QED) is 0.174. The predicted molar refractivity (Wildman–Crippen MR) is 226 cm³/mol. The van der Waals surface area contributed by atoms with Crippen LogP contribution in [-0.2, 0) is 0 Å². The van der Waals surface area contributed by atoms with Crippen molar-refractivity contribution < 1.29 is 0 Å². The molecule has 0 N–H and O–H groups in total. The average Bonchev–Trinajstić information content (AvgIpc) is 3.76. The van der Waals surface area contributed by atoms with Crippen molar-refractivity contribution >= 4 is 21.8 Å². The van der Waals surface area contributed by atoms with Crippen LogP contribution in [-0.4, -0.2) is 9.13 Å². The van der Waals surface area contributed by atoms with Crippen LogP contribution in [0.2, 0.25) is 0 Å². The lowest BCUT2D eigenvalue weighted by atomic mass is 9.84. The standard InChI is InChI=1S/C52H34N2/c1-5-17-35(18-6-1)37-29-31-45-47(33-37)53(39-21-9-3-10-22-39)51-43-27-15-14-26-42(43)50-46-32-30-38(36-19-7-2-8-20-36)34-48(46)54(40-23-11-4-12-24-40)52(50)44-28-16-13-25-41(44)49(45)51/h1-34H. The molecule has 0 bridgehead atoms. The zero-order valence-corrected chi connectivity index (χ0v) is 29.5. The molecule has 54 heavy (non-hydrogen) atoms. The first-order chi connectivity index (χ1) is 26.8. The van der Waals surface area contributed by atoms with Gasteiger partial charge in [-0.1, -0.05) is 170 Å². The van der Waals surface area contributed by atoms with E-state index >= 15 is 0 Å². The molecule has 0 spiro atoms. The minimum Gasteiger partial charge on any atom is -0.309 e. The van der Waals surface area contributed by atoms with Gasteiger partial charge in [0.1, 0.15) is 0 Å². The van der Waals surface area contributed by atoms with Gasteiger partial charge in [0.25, 0.3) is 0 Å². The number of nitrogens with zero attached hydrogens (tertiary/aromatic N) is 2. The smallest absolute Gasteiger partial charge is 0.0625 e. The molecule has 2 heterocycles. The molecule has 2 nitrogen and oxygen atoms in total. The Morgan fingerprint density at radius 1 is 0.259 bits per heavy atom. The number of para-hydroxylation sites is 2. The molecule has 0 fully saturated rings. The first-order valence-electron chi connectivity index (χ1n) is 18.6. The minimum atomic E-state index is 1.14.